The van der Waals surface area contributed by atoms with Crippen LogP contribution in [-0.2, 0) is 23.1 Å². The number of hydrogen-bond donors (Lipinski definition) is 3. The highest BCUT2D eigenvalue weighted by atomic mass is 32.2. The monoisotopic (exact) mass is 424 g/mol. The zero-order valence-corrected chi connectivity index (χ0v) is 17.4. The Kier molecular flexibility index (Phi) is 6.78. The van der Waals surface area contributed by atoms with Gasteiger partial charge in [-0.3, -0.25) is 4.98 Å². The largest absolute Gasteiger partial charge is 0.321 e. The fourth-order valence-electron chi connectivity index (χ4n) is 2.92. The Bertz CT molecular complexity index is 1100. The zero-order valence-electron chi connectivity index (χ0n) is 16.6. The van der Waals surface area contributed by atoms with Gasteiger partial charge in [-0.15, -0.1) is 0 Å². The van der Waals surface area contributed by atoms with Gasteiger partial charge in [0.25, 0.3) is 0 Å². The van der Waals surface area contributed by atoms with Crippen molar-refractivity contribution in [2.75, 3.05) is 0 Å². The van der Waals surface area contributed by atoms with Crippen molar-refractivity contribution in [1.29, 1.82) is 0 Å². The molecule has 1 heterocycles. The van der Waals surface area contributed by atoms with Crippen LogP contribution in [0.1, 0.15) is 22.4 Å². The van der Waals surface area contributed by atoms with Crippen LogP contribution < -0.4 is 17.1 Å². The molecule has 9 heteroatoms. The second-order valence-electron chi connectivity index (χ2n) is 6.73. The van der Waals surface area contributed by atoms with E-state index < -0.39 is 10.0 Å². The number of nitrogens with one attached hydrogen (secondary N) is 1. The molecule has 3 aromatic rings. The van der Waals surface area contributed by atoms with Crippen LogP contribution in [0.4, 0.5) is 0 Å². The average molecular weight is 425 g/mol. The first-order valence-electron chi connectivity index (χ1n) is 9.24. The Morgan fingerprint density at radius 2 is 1.73 bits per heavy atom. The smallest absolute Gasteiger partial charge is 0.243 e. The van der Waals surface area contributed by atoms with Gasteiger partial charge in [-0.2, -0.15) is 9.41 Å². The van der Waals surface area contributed by atoms with Crippen molar-refractivity contribution in [2.24, 2.45) is 16.8 Å². The molecule has 0 fully saturated rings. The maximum Gasteiger partial charge on any atom is 0.243 e. The van der Waals surface area contributed by atoms with Crippen molar-refractivity contribution in [3.8, 4) is 0 Å². The molecule has 0 aliphatic carbocycles. The molecule has 0 aliphatic rings. The maximum atomic E-state index is 13.4. The number of nitrogens with two attached hydrogens (primary N) is 2. The number of pyridine rings is 1. The number of nitrogens with zero attached hydrogens (tertiary/aromatic N) is 3. The first kappa shape index (κ1) is 21.4. The van der Waals surface area contributed by atoms with Crippen LogP contribution >= 0.6 is 0 Å². The summed E-state index contributed by atoms with van der Waals surface area (Å²) in [5.41, 5.74) is 5.58. The summed E-state index contributed by atoms with van der Waals surface area (Å²) in [6.45, 7) is 2.25. The van der Waals surface area contributed by atoms with E-state index in [9.17, 15) is 8.42 Å². The molecular formula is C21H24N6O2S. The Balaban J connectivity index is 1.92. The van der Waals surface area contributed by atoms with Crippen LogP contribution in [0.25, 0.3) is 0 Å². The summed E-state index contributed by atoms with van der Waals surface area (Å²) in [5, 5.41) is 3.58. The highest BCUT2D eigenvalue weighted by molar-refractivity contribution is 7.89. The van der Waals surface area contributed by atoms with Gasteiger partial charge in [-0.25, -0.2) is 14.3 Å². The first-order valence-corrected chi connectivity index (χ1v) is 10.7. The van der Waals surface area contributed by atoms with Crippen LogP contribution in [0.2, 0.25) is 0 Å². The molecule has 0 spiro atoms. The molecule has 0 amide bonds. The number of hydrazone groups is 1. The number of hydrazine groups is 1. The predicted molar refractivity (Wildman–Crippen MR) is 116 cm³/mol. The number of hydrogen-bond acceptors (Lipinski definition) is 6. The number of aryl methyl sites for hydroxylation is 1. The third-order valence-corrected chi connectivity index (χ3v) is 6.38. The number of rotatable bonds is 7. The highest BCUT2D eigenvalue weighted by Crippen LogP contribution is 2.21. The van der Waals surface area contributed by atoms with E-state index in [1.807, 2.05) is 25.1 Å². The molecule has 0 atom stereocenters. The molecule has 0 saturated heterocycles. The van der Waals surface area contributed by atoms with Crippen LogP contribution in [0.3, 0.4) is 0 Å². The number of benzene rings is 2. The summed E-state index contributed by atoms with van der Waals surface area (Å²) >= 11 is 0. The topological polar surface area (TPSA) is 127 Å². The van der Waals surface area contributed by atoms with Crippen LogP contribution in [-0.4, -0.2) is 23.5 Å². The molecule has 2 aromatic carbocycles. The summed E-state index contributed by atoms with van der Waals surface area (Å²) in [5.74, 6) is 11.0. The van der Waals surface area contributed by atoms with Crippen molar-refractivity contribution in [3.63, 3.8) is 0 Å². The van der Waals surface area contributed by atoms with Crippen molar-refractivity contribution in [1.82, 2.24) is 14.7 Å². The highest BCUT2D eigenvalue weighted by Gasteiger charge is 2.25. The van der Waals surface area contributed by atoms with E-state index in [4.69, 9.17) is 11.7 Å². The first-order chi connectivity index (χ1) is 14.4. The quantitative estimate of drug-likeness (QED) is 0.230. The fraction of sp³-hybridized carbons (Fsp3) is 0.143. The van der Waals surface area contributed by atoms with E-state index in [1.54, 1.807) is 54.7 Å². The molecule has 0 radical (unpaired) electrons. The van der Waals surface area contributed by atoms with Gasteiger partial charge < -0.3 is 11.3 Å². The lowest BCUT2D eigenvalue weighted by Crippen LogP contribution is -2.32. The summed E-state index contributed by atoms with van der Waals surface area (Å²) < 4.78 is 28.1. The normalized spacial score (nSPS) is 12.2. The summed E-state index contributed by atoms with van der Waals surface area (Å²) in [4.78, 5) is 4.52. The molecule has 0 aliphatic heterocycles. The number of amidine groups is 1. The van der Waals surface area contributed by atoms with Gasteiger partial charge in [0.15, 0.2) is 5.84 Å². The van der Waals surface area contributed by atoms with Crippen LogP contribution in [0.15, 0.2) is 82.9 Å². The Labute approximate surface area is 176 Å². The van der Waals surface area contributed by atoms with Gasteiger partial charge in [0.05, 0.1) is 17.1 Å². The SMILES string of the molecule is Cc1ccc(S(=O)(=O)N(Cc2ccc(/C(=N/N)NN)cc2)Cc2ccccn2)cc1. The number of sulfonamides is 1. The molecule has 8 nitrogen and oxygen atoms in total. The Morgan fingerprint density at radius 1 is 1.03 bits per heavy atom. The predicted octanol–water partition coefficient (Wildman–Crippen LogP) is 1.86. The minimum atomic E-state index is -3.73. The number of aromatic nitrogens is 1. The average Bonchev–Trinajstić information content (AvgIpc) is 2.76. The summed E-state index contributed by atoms with van der Waals surface area (Å²) in [7, 11) is -3.73. The molecule has 5 N–H and O–H groups in total. The van der Waals surface area contributed by atoms with E-state index in [1.165, 1.54) is 4.31 Å². The third-order valence-electron chi connectivity index (χ3n) is 4.58. The van der Waals surface area contributed by atoms with E-state index in [2.05, 4.69) is 15.5 Å². The molecule has 0 saturated carbocycles. The molecule has 0 bridgehead atoms. The third kappa shape index (κ3) is 5.01. The maximum absolute atomic E-state index is 13.4. The van der Waals surface area contributed by atoms with Crippen LogP contribution in [0.5, 0.6) is 0 Å². The van der Waals surface area contributed by atoms with Crippen LogP contribution in [0, 0.1) is 6.92 Å². The lowest BCUT2D eigenvalue weighted by Gasteiger charge is -2.22. The molecule has 3 rings (SSSR count). The molecule has 30 heavy (non-hydrogen) atoms. The summed E-state index contributed by atoms with van der Waals surface area (Å²) in [6, 6.07) is 19.4. The van der Waals surface area contributed by atoms with Crippen molar-refractivity contribution in [2.45, 2.75) is 24.9 Å². The van der Waals surface area contributed by atoms with E-state index in [0.717, 1.165) is 11.1 Å². The minimum absolute atomic E-state index is 0.151. The summed E-state index contributed by atoms with van der Waals surface area (Å²) in [6.07, 6.45) is 1.65. The lowest BCUT2D eigenvalue weighted by molar-refractivity contribution is 0.397. The standard InChI is InChI=1S/C21H24N6O2S/c1-16-5-11-20(12-6-16)30(28,29)27(15-19-4-2-3-13-24-19)14-17-7-9-18(10-8-17)21(25-22)26-23/h2-13H,14-15,22-23H2,1H3,(H,25,26). The van der Waals surface area contributed by atoms with Gasteiger partial charge in [-0.1, -0.05) is 48.0 Å². The molecule has 0 unspecified atom stereocenters. The van der Waals surface area contributed by atoms with Crippen molar-refractivity contribution in [3.05, 3.63) is 95.3 Å². The Hall–Kier alpha value is -3.27. The second kappa shape index (κ2) is 9.49. The van der Waals surface area contributed by atoms with Crippen molar-refractivity contribution < 1.29 is 8.42 Å². The fourth-order valence-corrected chi connectivity index (χ4v) is 4.32. The van der Waals surface area contributed by atoms with Gasteiger partial charge in [0.2, 0.25) is 10.0 Å². The van der Waals surface area contributed by atoms with Gasteiger partial charge in [-0.05, 0) is 36.8 Å². The Morgan fingerprint density at radius 3 is 2.30 bits per heavy atom. The van der Waals surface area contributed by atoms with Gasteiger partial charge >= 0.3 is 0 Å². The van der Waals surface area contributed by atoms with Crippen molar-refractivity contribution >= 4 is 15.9 Å². The van der Waals surface area contributed by atoms with E-state index >= 15 is 0 Å². The minimum Gasteiger partial charge on any atom is -0.321 e. The van der Waals surface area contributed by atoms with E-state index in [-0.39, 0.29) is 18.0 Å². The lowest BCUT2D eigenvalue weighted by atomic mass is 10.1. The molecular weight excluding hydrogens is 400 g/mol. The second-order valence-corrected chi connectivity index (χ2v) is 8.66. The van der Waals surface area contributed by atoms with E-state index in [0.29, 0.717) is 17.1 Å². The zero-order chi connectivity index (χ0) is 21.6. The van der Waals surface area contributed by atoms with Gasteiger partial charge in [0.1, 0.15) is 0 Å². The molecule has 156 valence electrons. The van der Waals surface area contributed by atoms with Gasteiger partial charge in [0, 0.05) is 18.3 Å². The molecule has 1 aromatic heterocycles.